The van der Waals surface area contributed by atoms with Crippen molar-refractivity contribution in [1.29, 1.82) is 0 Å². The highest BCUT2D eigenvalue weighted by atomic mass is 32.1. The number of likely N-dealkylation sites (tertiary alicyclic amines) is 1. The van der Waals surface area contributed by atoms with Crippen molar-refractivity contribution in [3.63, 3.8) is 0 Å². The number of imidazole rings is 1. The molecule has 0 unspecified atom stereocenters. The SMILES string of the molecule is COc1cccc(CNC(=O)[C@@H]2Cn3ccnc3C3(CCN(C(=O)c4ccsc4)CC3)O2)c1. The number of hydrogen-bond acceptors (Lipinski definition) is 6. The van der Waals surface area contributed by atoms with E-state index in [0.29, 0.717) is 39.0 Å². The number of nitrogens with zero attached hydrogens (tertiary/aromatic N) is 3. The van der Waals surface area contributed by atoms with Crippen molar-refractivity contribution in [1.82, 2.24) is 19.8 Å². The van der Waals surface area contributed by atoms with Gasteiger partial charge >= 0.3 is 0 Å². The summed E-state index contributed by atoms with van der Waals surface area (Å²) in [5.74, 6) is 1.47. The van der Waals surface area contributed by atoms with Crippen LogP contribution >= 0.6 is 11.3 Å². The molecule has 2 aliphatic heterocycles. The second-order valence-electron chi connectivity index (χ2n) is 8.38. The van der Waals surface area contributed by atoms with E-state index in [9.17, 15) is 9.59 Å². The monoisotopic (exact) mass is 466 g/mol. The van der Waals surface area contributed by atoms with E-state index < -0.39 is 11.7 Å². The van der Waals surface area contributed by atoms with Gasteiger partial charge in [0.2, 0.25) is 0 Å². The van der Waals surface area contributed by atoms with Crippen molar-refractivity contribution in [3.05, 3.63) is 70.4 Å². The van der Waals surface area contributed by atoms with Gasteiger partial charge in [0.25, 0.3) is 11.8 Å². The first-order valence-electron chi connectivity index (χ1n) is 11.0. The molecule has 0 radical (unpaired) electrons. The summed E-state index contributed by atoms with van der Waals surface area (Å²) in [5, 5.41) is 6.78. The summed E-state index contributed by atoms with van der Waals surface area (Å²) in [6, 6.07) is 9.46. The summed E-state index contributed by atoms with van der Waals surface area (Å²) in [6.45, 7) is 1.92. The first-order chi connectivity index (χ1) is 16.1. The molecule has 5 rings (SSSR count). The van der Waals surface area contributed by atoms with Crippen LogP contribution in [0.5, 0.6) is 5.75 Å². The Morgan fingerprint density at radius 1 is 1.30 bits per heavy atom. The molecule has 0 aliphatic carbocycles. The Morgan fingerprint density at radius 2 is 2.15 bits per heavy atom. The van der Waals surface area contributed by atoms with Gasteiger partial charge in [0.15, 0.2) is 6.10 Å². The lowest BCUT2D eigenvalue weighted by atomic mass is 9.88. The molecule has 0 bridgehead atoms. The third kappa shape index (κ3) is 4.26. The smallest absolute Gasteiger partial charge is 0.254 e. The Kier molecular flexibility index (Phi) is 5.90. The number of piperidine rings is 1. The zero-order chi connectivity index (χ0) is 22.8. The van der Waals surface area contributed by atoms with Crippen LogP contribution in [0.15, 0.2) is 53.5 Å². The molecular weight excluding hydrogens is 440 g/mol. The molecule has 3 aromatic rings. The highest BCUT2D eigenvalue weighted by Crippen LogP contribution is 2.40. The van der Waals surface area contributed by atoms with Crippen molar-refractivity contribution < 1.29 is 19.1 Å². The number of carbonyl (C=O) groups excluding carboxylic acids is 2. The Balaban J connectivity index is 1.27. The van der Waals surface area contributed by atoms with Gasteiger partial charge < -0.3 is 24.3 Å². The summed E-state index contributed by atoms with van der Waals surface area (Å²) in [4.78, 5) is 32.2. The molecule has 4 heterocycles. The summed E-state index contributed by atoms with van der Waals surface area (Å²) >= 11 is 1.52. The molecule has 172 valence electrons. The van der Waals surface area contributed by atoms with Crippen molar-refractivity contribution >= 4 is 23.2 Å². The van der Waals surface area contributed by atoms with E-state index in [1.54, 1.807) is 13.3 Å². The minimum atomic E-state index is -0.675. The van der Waals surface area contributed by atoms with E-state index >= 15 is 0 Å². The highest BCUT2D eigenvalue weighted by molar-refractivity contribution is 7.08. The average Bonchev–Trinajstić information content (AvgIpc) is 3.55. The quantitative estimate of drug-likeness (QED) is 0.625. The lowest BCUT2D eigenvalue weighted by Gasteiger charge is -2.45. The zero-order valence-corrected chi connectivity index (χ0v) is 19.2. The topological polar surface area (TPSA) is 85.7 Å². The van der Waals surface area contributed by atoms with Gasteiger partial charge in [0.1, 0.15) is 17.2 Å². The summed E-state index contributed by atoms with van der Waals surface area (Å²) in [6.07, 6.45) is 4.21. The van der Waals surface area contributed by atoms with E-state index in [-0.39, 0.29) is 11.8 Å². The second kappa shape index (κ2) is 8.99. The van der Waals surface area contributed by atoms with Gasteiger partial charge in [0.05, 0.1) is 19.2 Å². The fraction of sp³-hybridized carbons (Fsp3) is 0.375. The minimum absolute atomic E-state index is 0.0397. The Labute approximate surface area is 196 Å². The molecule has 1 fully saturated rings. The number of hydrogen-bond donors (Lipinski definition) is 1. The third-order valence-corrected chi connectivity index (χ3v) is 7.06. The van der Waals surface area contributed by atoms with Crippen LogP contribution in [0.3, 0.4) is 0 Å². The number of methoxy groups -OCH3 is 1. The standard InChI is InChI=1S/C24H26N4O4S/c1-31-19-4-2-3-17(13-19)14-26-21(29)20-15-28-11-8-25-23(28)24(32-20)6-9-27(10-7-24)22(30)18-5-12-33-16-18/h2-5,8,11-13,16,20H,6-7,9-10,14-15H2,1H3,(H,26,29)/t20-/m0/s1. The number of fused-ring (bicyclic) bond motifs is 2. The van der Waals surface area contributed by atoms with Crippen LogP contribution in [-0.4, -0.2) is 52.6 Å². The number of thiophene rings is 1. The molecular formula is C24H26N4O4S. The van der Waals surface area contributed by atoms with Crippen LogP contribution in [-0.2, 0) is 28.2 Å². The number of amides is 2. The van der Waals surface area contributed by atoms with E-state index in [1.807, 2.05) is 56.8 Å². The van der Waals surface area contributed by atoms with Crippen LogP contribution in [0.2, 0.25) is 0 Å². The number of ether oxygens (including phenoxy) is 2. The van der Waals surface area contributed by atoms with Crippen LogP contribution in [0, 0.1) is 0 Å². The fourth-order valence-corrected chi connectivity index (χ4v) is 5.23. The van der Waals surface area contributed by atoms with Gasteiger partial charge in [-0.05, 0) is 29.1 Å². The van der Waals surface area contributed by atoms with Crippen LogP contribution in [0.1, 0.15) is 34.6 Å². The molecule has 1 N–H and O–H groups in total. The number of rotatable bonds is 5. The van der Waals surface area contributed by atoms with Crippen LogP contribution < -0.4 is 10.1 Å². The number of benzene rings is 1. The average molecular weight is 467 g/mol. The Bertz CT molecular complexity index is 1140. The molecule has 8 nitrogen and oxygen atoms in total. The maximum Gasteiger partial charge on any atom is 0.254 e. The summed E-state index contributed by atoms with van der Waals surface area (Å²) < 4.78 is 13.7. The third-order valence-electron chi connectivity index (χ3n) is 6.37. The Morgan fingerprint density at radius 3 is 2.91 bits per heavy atom. The maximum absolute atomic E-state index is 13.0. The van der Waals surface area contributed by atoms with Crippen molar-refractivity contribution in [2.75, 3.05) is 20.2 Å². The molecule has 0 saturated carbocycles. The number of carbonyl (C=O) groups is 2. The summed E-state index contributed by atoms with van der Waals surface area (Å²) in [7, 11) is 1.62. The van der Waals surface area contributed by atoms with Crippen molar-refractivity contribution in [2.24, 2.45) is 0 Å². The van der Waals surface area contributed by atoms with Gasteiger partial charge in [-0.3, -0.25) is 9.59 Å². The van der Waals surface area contributed by atoms with Crippen molar-refractivity contribution in [2.45, 2.75) is 37.6 Å². The zero-order valence-electron chi connectivity index (χ0n) is 18.4. The van der Waals surface area contributed by atoms with Gasteiger partial charge in [-0.25, -0.2) is 4.98 Å². The molecule has 2 amide bonds. The van der Waals surface area contributed by atoms with Crippen molar-refractivity contribution in [3.8, 4) is 5.75 Å². The van der Waals surface area contributed by atoms with Crippen LogP contribution in [0.4, 0.5) is 0 Å². The molecule has 1 atom stereocenters. The minimum Gasteiger partial charge on any atom is -0.497 e. The molecule has 2 aromatic heterocycles. The van der Waals surface area contributed by atoms with Gasteiger partial charge in [-0.2, -0.15) is 11.3 Å². The first kappa shape index (κ1) is 21.7. The molecule has 1 aromatic carbocycles. The molecule has 1 saturated heterocycles. The number of aromatic nitrogens is 2. The Hall–Kier alpha value is -3.17. The lowest BCUT2D eigenvalue weighted by molar-refractivity contribution is -0.172. The van der Waals surface area contributed by atoms with E-state index in [1.165, 1.54) is 11.3 Å². The predicted octanol–water partition coefficient (Wildman–Crippen LogP) is 2.80. The van der Waals surface area contributed by atoms with E-state index in [4.69, 9.17) is 9.47 Å². The largest absolute Gasteiger partial charge is 0.497 e. The maximum atomic E-state index is 13.0. The fourth-order valence-electron chi connectivity index (χ4n) is 4.60. The first-order valence-corrected chi connectivity index (χ1v) is 11.9. The summed E-state index contributed by atoms with van der Waals surface area (Å²) in [5.41, 5.74) is 0.999. The predicted molar refractivity (Wildman–Crippen MR) is 123 cm³/mol. The molecule has 33 heavy (non-hydrogen) atoms. The van der Waals surface area contributed by atoms with Gasteiger partial charge in [-0.15, -0.1) is 0 Å². The van der Waals surface area contributed by atoms with Gasteiger partial charge in [-0.1, -0.05) is 12.1 Å². The highest BCUT2D eigenvalue weighted by Gasteiger charge is 2.47. The normalized spacial score (nSPS) is 19.2. The molecule has 9 heteroatoms. The van der Waals surface area contributed by atoms with Crippen LogP contribution in [0.25, 0.3) is 0 Å². The van der Waals surface area contributed by atoms with Gasteiger partial charge in [0, 0.05) is 50.2 Å². The second-order valence-corrected chi connectivity index (χ2v) is 9.16. The molecule has 2 aliphatic rings. The number of nitrogens with one attached hydrogen (secondary N) is 1. The van der Waals surface area contributed by atoms with E-state index in [0.717, 1.165) is 22.7 Å². The lowest BCUT2D eigenvalue weighted by Crippen LogP contribution is -2.54. The molecule has 1 spiro atoms. The van der Waals surface area contributed by atoms with E-state index in [2.05, 4.69) is 10.3 Å².